The van der Waals surface area contributed by atoms with Gasteiger partial charge in [-0.25, -0.2) is 0 Å². The van der Waals surface area contributed by atoms with Crippen molar-refractivity contribution < 1.29 is 13.2 Å². The van der Waals surface area contributed by atoms with Crippen LogP contribution >= 0.6 is 23.2 Å². The monoisotopic (exact) mass is 326 g/mol. The third-order valence-electron chi connectivity index (χ3n) is 3.36. The van der Waals surface area contributed by atoms with Crippen LogP contribution in [0.15, 0.2) is 18.2 Å². The molecule has 1 fully saturated rings. The van der Waals surface area contributed by atoms with Crippen molar-refractivity contribution in [3.8, 4) is 0 Å². The molecule has 0 amide bonds. The number of piperazine rings is 1. The van der Waals surface area contributed by atoms with Crippen LogP contribution in [0.5, 0.6) is 0 Å². The second kappa shape index (κ2) is 6.52. The fourth-order valence-corrected chi connectivity index (χ4v) is 2.86. The first kappa shape index (κ1) is 15.9. The third kappa shape index (κ3) is 4.01. The van der Waals surface area contributed by atoms with E-state index in [9.17, 15) is 13.2 Å². The molecule has 0 bridgehead atoms. The molecule has 1 heterocycles. The highest BCUT2D eigenvalue weighted by atomic mass is 35.5. The van der Waals surface area contributed by atoms with Crippen LogP contribution in [0.25, 0.3) is 0 Å². The van der Waals surface area contributed by atoms with Gasteiger partial charge in [0, 0.05) is 32.2 Å². The van der Waals surface area contributed by atoms with Crippen molar-refractivity contribution in [2.45, 2.75) is 18.6 Å². The van der Waals surface area contributed by atoms with Crippen molar-refractivity contribution in [2.75, 3.05) is 26.2 Å². The van der Waals surface area contributed by atoms with E-state index >= 15 is 0 Å². The van der Waals surface area contributed by atoms with Gasteiger partial charge in [-0.15, -0.1) is 0 Å². The molecule has 0 saturated carbocycles. The van der Waals surface area contributed by atoms with E-state index in [0.29, 0.717) is 31.7 Å². The van der Waals surface area contributed by atoms with Crippen molar-refractivity contribution in [2.24, 2.45) is 0 Å². The maximum Gasteiger partial charge on any atom is 0.390 e. The highest BCUT2D eigenvalue weighted by Crippen LogP contribution is 2.39. The molecule has 0 unspecified atom stereocenters. The van der Waals surface area contributed by atoms with Gasteiger partial charge in [-0.3, -0.25) is 4.90 Å². The number of rotatable bonds is 3. The molecular weight excluding hydrogens is 312 g/mol. The number of halogens is 5. The molecule has 2 nitrogen and oxygen atoms in total. The molecule has 1 N–H and O–H groups in total. The van der Waals surface area contributed by atoms with Gasteiger partial charge in [-0.05, 0) is 11.6 Å². The Labute approximate surface area is 125 Å². The van der Waals surface area contributed by atoms with E-state index in [2.05, 4.69) is 5.32 Å². The van der Waals surface area contributed by atoms with Gasteiger partial charge in [-0.1, -0.05) is 35.3 Å². The largest absolute Gasteiger partial charge is 0.390 e. The van der Waals surface area contributed by atoms with Crippen molar-refractivity contribution in [3.05, 3.63) is 33.8 Å². The zero-order valence-electron chi connectivity index (χ0n) is 10.7. The summed E-state index contributed by atoms with van der Waals surface area (Å²) in [6, 6.07) is 4.04. The average molecular weight is 327 g/mol. The van der Waals surface area contributed by atoms with Gasteiger partial charge in [-0.2, -0.15) is 13.2 Å². The number of alkyl halides is 3. The topological polar surface area (TPSA) is 15.3 Å². The van der Waals surface area contributed by atoms with Crippen LogP contribution in [0.1, 0.15) is 18.0 Å². The van der Waals surface area contributed by atoms with Crippen LogP contribution < -0.4 is 5.32 Å². The Hall–Kier alpha value is -0.490. The molecule has 0 aliphatic carbocycles. The number of hydrogen-bond donors (Lipinski definition) is 1. The van der Waals surface area contributed by atoms with Gasteiger partial charge < -0.3 is 5.32 Å². The SMILES string of the molecule is FC(F)(F)C[C@H](c1cccc(Cl)c1Cl)N1CCNCC1. The lowest BCUT2D eigenvalue weighted by Gasteiger charge is -2.36. The zero-order valence-corrected chi connectivity index (χ0v) is 12.2. The summed E-state index contributed by atoms with van der Waals surface area (Å²) in [5.74, 6) is 0. The minimum Gasteiger partial charge on any atom is -0.314 e. The Balaban J connectivity index is 2.32. The molecule has 1 saturated heterocycles. The first-order chi connectivity index (χ1) is 9.38. The normalized spacial score (nSPS) is 19.1. The summed E-state index contributed by atoms with van der Waals surface area (Å²) in [5.41, 5.74) is 0.443. The van der Waals surface area contributed by atoms with E-state index in [-0.39, 0.29) is 10.0 Å². The molecule has 112 valence electrons. The standard InChI is InChI=1S/C13H15Cl2F3N2/c14-10-3-1-2-9(12(10)15)11(8-13(16,17)18)20-6-4-19-5-7-20/h1-3,11,19H,4-8H2/t11-/m1/s1. The minimum absolute atomic E-state index is 0.210. The number of nitrogens with zero attached hydrogens (tertiary/aromatic N) is 1. The third-order valence-corrected chi connectivity index (χ3v) is 4.19. The molecule has 1 aromatic rings. The maximum absolute atomic E-state index is 12.9. The van der Waals surface area contributed by atoms with Crippen molar-refractivity contribution in [1.82, 2.24) is 10.2 Å². The van der Waals surface area contributed by atoms with Crippen LogP contribution in [-0.4, -0.2) is 37.3 Å². The first-order valence-corrected chi connectivity index (χ1v) is 7.09. The van der Waals surface area contributed by atoms with E-state index in [0.717, 1.165) is 0 Å². The van der Waals surface area contributed by atoms with Crippen LogP contribution in [0.3, 0.4) is 0 Å². The minimum atomic E-state index is -4.25. The van der Waals surface area contributed by atoms with Crippen molar-refractivity contribution in [1.29, 1.82) is 0 Å². The zero-order chi connectivity index (χ0) is 14.8. The number of benzene rings is 1. The quantitative estimate of drug-likeness (QED) is 0.906. The molecule has 1 aliphatic rings. The Morgan fingerprint density at radius 2 is 1.85 bits per heavy atom. The lowest BCUT2D eigenvalue weighted by molar-refractivity contribution is -0.148. The van der Waals surface area contributed by atoms with Gasteiger partial charge in [0.2, 0.25) is 0 Å². The van der Waals surface area contributed by atoms with E-state index in [1.54, 1.807) is 18.2 Å². The summed E-state index contributed by atoms with van der Waals surface area (Å²) in [5, 5.41) is 3.62. The van der Waals surface area contributed by atoms with Gasteiger partial charge in [0.15, 0.2) is 0 Å². The van der Waals surface area contributed by atoms with Crippen LogP contribution in [0, 0.1) is 0 Å². The van der Waals surface area contributed by atoms with Crippen LogP contribution in [0.4, 0.5) is 13.2 Å². The lowest BCUT2D eigenvalue weighted by atomic mass is 10.0. The maximum atomic E-state index is 12.9. The molecule has 2 rings (SSSR count). The molecule has 1 aromatic carbocycles. The summed E-state index contributed by atoms with van der Waals surface area (Å²) < 4.78 is 38.6. The van der Waals surface area contributed by atoms with Crippen LogP contribution in [-0.2, 0) is 0 Å². The predicted molar refractivity (Wildman–Crippen MR) is 74.3 cm³/mol. The van der Waals surface area contributed by atoms with Gasteiger partial charge >= 0.3 is 6.18 Å². The van der Waals surface area contributed by atoms with Crippen molar-refractivity contribution in [3.63, 3.8) is 0 Å². The smallest absolute Gasteiger partial charge is 0.314 e. The molecule has 0 spiro atoms. The molecule has 20 heavy (non-hydrogen) atoms. The Kier molecular flexibility index (Phi) is 5.18. The van der Waals surface area contributed by atoms with E-state index in [1.807, 2.05) is 4.90 Å². The highest BCUT2D eigenvalue weighted by Gasteiger charge is 2.36. The molecular formula is C13H15Cl2F3N2. The van der Waals surface area contributed by atoms with E-state index < -0.39 is 18.6 Å². The van der Waals surface area contributed by atoms with E-state index in [4.69, 9.17) is 23.2 Å². The van der Waals surface area contributed by atoms with Gasteiger partial charge in [0.1, 0.15) is 0 Å². The van der Waals surface area contributed by atoms with Gasteiger partial charge in [0.05, 0.1) is 16.5 Å². The second-order valence-corrected chi connectivity index (χ2v) is 5.55. The number of hydrogen-bond acceptors (Lipinski definition) is 2. The predicted octanol–water partition coefficient (Wildman–Crippen LogP) is 3.89. The molecule has 0 radical (unpaired) electrons. The molecule has 7 heteroatoms. The fraction of sp³-hybridized carbons (Fsp3) is 0.538. The Morgan fingerprint density at radius 1 is 1.20 bits per heavy atom. The average Bonchev–Trinajstić information content (AvgIpc) is 2.40. The summed E-state index contributed by atoms with van der Waals surface area (Å²) in [6.07, 6.45) is -5.17. The number of nitrogens with one attached hydrogen (secondary N) is 1. The molecule has 1 aliphatic heterocycles. The molecule has 0 aromatic heterocycles. The fourth-order valence-electron chi connectivity index (χ4n) is 2.43. The van der Waals surface area contributed by atoms with Crippen molar-refractivity contribution >= 4 is 23.2 Å². The summed E-state index contributed by atoms with van der Waals surface area (Å²) in [7, 11) is 0. The lowest BCUT2D eigenvalue weighted by Crippen LogP contribution is -2.46. The summed E-state index contributed by atoms with van der Waals surface area (Å²) in [4.78, 5) is 1.81. The highest BCUT2D eigenvalue weighted by molar-refractivity contribution is 6.42. The second-order valence-electron chi connectivity index (χ2n) is 4.76. The van der Waals surface area contributed by atoms with E-state index in [1.165, 1.54) is 0 Å². The first-order valence-electron chi connectivity index (χ1n) is 6.34. The van der Waals surface area contributed by atoms with Gasteiger partial charge in [0.25, 0.3) is 0 Å². The Bertz CT molecular complexity index is 459. The summed E-state index contributed by atoms with van der Waals surface area (Å²) >= 11 is 12.0. The summed E-state index contributed by atoms with van der Waals surface area (Å²) in [6.45, 7) is 2.46. The molecule has 1 atom stereocenters. The van der Waals surface area contributed by atoms with Crippen LogP contribution in [0.2, 0.25) is 10.0 Å². The Morgan fingerprint density at radius 3 is 2.45 bits per heavy atom.